The lowest BCUT2D eigenvalue weighted by Crippen LogP contribution is -2.56. The third-order valence-electron chi connectivity index (χ3n) is 7.87. The third kappa shape index (κ3) is 8.64. The quantitative estimate of drug-likeness (QED) is 0.203. The topological polar surface area (TPSA) is 137 Å². The number of hydrogen-bond donors (Lipinski definition) is 5. The first-order valence-electron chi connectivity index (χ1n) is 15.0. The Bertz CT molecular complexity index is 1430. The van der Waals surface area contributed by atoms with Crippen molar-refractivity contribution < 1.29 is 24.3 Å². The van der Waals surface area contributed by atoms with Crippen molar-refractivity contribution in [2.75, 3.05) is 13.2 Å². The van der Waals surface area contributed by atoms with E-state index in [1.165, 1.54) is 11.3 Å². The van der Waals surface area contributed by atoms with Gasteiger partial charge in [0.05, 0.1) is 17.5 Å². The Morgan fingerprint density at radius 3 is 2.44 bits per heavy atom. The molecule has 0 spiro atoms. The molecule has 5 N–H and O–H groups in total. The van der Waals surface area contributed by atoms with Crippen LogP contribution in [-0.2, 0) is 20.8 Å². The molecule has 2 heterocycles. The first-order valence-corrected chi connectivity index (χ1v) is 15.8. The molecule has 0 aliphatic carbocycles. The maximum absolute atomic E-state index is 13.9. The Kier molecular flexibility index (Phi) is 11.3. The lowest BCUT2D eigenvalue weighted by molar-refractivity contribution is -0.131. The van der Waals surface area contributed by atoms with Crippen LogP contribution < -0.4 is 21.3 Å². The summed E-state index contributed by atoms with van der Waals surface area (Å²) in [6.45, 7) is 6.07. The molecule has 4 unspecified atom stereocenters. The van der Waals surface area contributed by atoms with Crippen LogP contribution in [0.3, 0.4) is 0 Å². The number of carbonyl (C=O) groups is 4. The molecule has 1 fully saturated rings. The molecule has 43 heavy (non-hydrogen) atoms. The van der Waals surface area contributed by atoms with Crippen LogP contribution in [0, 0.1) is 18.8 Å². The van der Waals surface area contributed by atoms with E-state index in [4.69, 9.17) is 0 Å². The van der Waals surface area contributed by atoms with Crippen LogP contribution in [0.5, 0.6) is 0 Å². The monoisotopic (exact) mass is 606 g/mol. The number of amides is 4. The van der Waals surface area contributed by atoms with Crippen molar-refractivity contribution in [2.45, 2.75) is 71.0 Å². The highest BCUT2D eigenvalue weighted by Crippen LogP contribution is 2.22. The zero-order valence-electron chi connectivity index (χ0n) is 25.0. The Balaban J connectivity index is 1.54. The average Bonchev–Trinajstić information content (AvgIpc) is 3.42. The Labute approximate surface area is 256 Å². The van der Waals surface area contributed by atoms with Gasteiger partial charge >= 0.3 is 0 Å². The molecule has 0 radical (unpaired) electrons. The highest BCUT2D eigenvalue weighted by molar-refractivity contribution is 7.12. The number of benzene rings is 2. The van der Waals surface area contributed by atoms with Gasteiger partial charge in [-0.05, 0) is 71.9 Å². The SMILES string of the molecule is Cc1ccsc1C(=O)NC(Cc1cccc2ccccc12)C(=O)NC(CC(C)C)C(=O)NC(CO)CC1CCCNC1=O. The number of carbonyl (C=O) groups excluding carboxylic acids is 4. The number of fused-ring (bicyclic) bond motifs is 1. The molecule has 9 nitrogen and oxygen atoms in total. The lowest BCUT2D eigenvalue weighted by atomic mass is 9.91. The summed E-state index contributed by atoms with van der Waals surface area (Å²) in [6.07, 6.45) is 2.46. The van der Waals surface area contributed by atoms with E-state index in [0.29, 0.717) is 30.7 Å². The predicted octanol–water partition coefficient (Wildman–Crippen LogP) is 3.48. The normalized spacial score (nSPS) is 17.1. The number of nitrogens with one attached hydrogen (secondary N) is 4. The molecule has 1 aliphatic heterocycles. The second kappa shape index (κ2) is 15.1. The number of aliphatic hydroxyl groups excluding tert-OH is 1. The highest BCUT2D eigenvalue weighted by Gasteiger charge is 2.31. The van der Waals surface area contributed by atoms with Crippen LogP contribution in [-0.4, -0.2) is 60.0 Å². The molecule has 0 bridgehead atoms. The van der Waals surface area contributed by atoms with E-state index in [2.05, 4.69) is 21.3 Å². The van der Waals surface area contributed by atoms with E-state index in [9.17, 15) is 24.3 Å². The number of aryl methyl sites for hydroxylation is 1. The van der Waals surface area contributed by atoms with E-state index in [-0.39, 0.29) is 36.7 Å². The highest BCUT2D eigenvalue weighted by atomic mass is 32.1. The molecule has 1 saturated heterocycles. The van der Waals surface area contributed by atoms with Crippen molar-refractivity contribution >= 4 is 45.7 Å². The van der Waals surface area contributed by atoms with E-state index in [1.807, 2.05) is 74.7 Å². The van der Waals surface area contributed by atoms with Gasteiger partial charge in [-0.3, -0.25) is 19.2 Å². The second-order valence-corrected chi connectivity index (χ2v) is 12.7. The first-order chi connectivity index (χ1) is 20.7. The zero-order valence-corrected chi connectivity index (χ0v) is 25.8. The number of piperidine rings is 1. The van der Waals surface area contributed by atoms with Crippen LogP contribution in [0.25, 0.3) is 10.8 Å². The third-order valence-corrected chi connectivity index (χ3v) is 8.88. The van der Waals surface area contributed by atoms with Crippen LogP contribution in [0.2, 0.25) is 0 Å². The maximum atomic E-state index is 13.9. The minimum Gasteiger partial charge on any atom is -0.394 e. The molecule has 1 aliphatic rings. The van der Waals surface area contributed by atoms with Gasteiger partial charge in [-0.15, -0.1) is 11.3 Å². The lowest BCUT2D eigenvalue weighted by Gasteiger charge is -2.28. The molecule has 0 saturated carbocycles. The molecule has 3 aromatic rings. The summed E-state index contributed by atoms with van der Waals surface area (Å²) < 4.78 is 0. The Hall–Kier alpha value is -3.76. The predicted molar refractivity (Wildman–Crippen MR) is 169 cm³/mol. The van der Waals surface area contributed by atoms with Gasteiger partial charge in [0.15, 0.2) is 0 Å². The molecule has 4 atom stereocenters. The number of hydrogen-bond acceptors (Lipinski definition) is 6. The van der Waals surface area contributed by atoms with Crippen LogP contribution in [0.1, 0.15) is 60.3 Å². The smallest absolute Gasteiger partial charge is 0.262 e. The summed E-state index contributed by atoms with van der Waals surface area (Å²) in [5, 5.41) is 25.4. The van der Waals surface area contributed by atoms with Gasteiger partial charge in [0, 0.05) is 18.9 Å². The van der Waals surface area contributed by atoms with Gasteiger partial charge in [0.25, 0.3) is 5.91 Å². The molecule has 2 aromatic carbocycles. The molecule has 1 aromatic heterocycles. The molecule has 230 valence electrons. The fraction of sp³-hybridized carbons (Fsp3) is 0.455. The van der Waals surface area contributed by atoms with Gasteiger partial charge in [-0.2, -0.15) is 0 Å². The van der Waals surface area contributed by atoms with Crippen LogP contribution >= 0.6 is 11.3 Å². The van der Waals surface area contributed by atoms with Gasteiger partial charge in [0.1, 0.15) is 12.1 Å². The zero-order chi connectivity index (χ0) is 30.9. The number of aliphatic hydroxyl groups is 1. The maximum Gasteiger partial charge on any atom is 0.262 e. The fourth-order valence-corrected chi connectivity index (χ4v) is 6.42. The number of thiophene rings is 1. The van der Waals surface area contributed by atoms with E-state index >= 15 is 0 Å². The molecular formula is C33H42N4O5S. The summed E-state index contributed by atoms with van der Waals surface area (Å²) in [6, 6.07) is 13.1. The van der Waals surface area contributed by atoms with Gasteiger partial charge < -0.3 is 26.4 Å². The van der Waals surface area contributed by atoms with Gasteiger partial charge in [-0.1, -0.05) is 56.3 Å². The number of rotatable bonds is 13. The summed E-state index contributed by atoms with van der Waals surface area (Å²) in [5.74, 6) is -1.52. The Morgan fingerprint density at radius 2 is 1.74 bits per heavy atom. The van der Waals surface area contributed by atoms with Crippen LogP contribution in [0.4, 0.5) is 0 Å². The summed E-state index contributed by atoms with van der Waals surface area (Å²) >= 11 is 1.31. The molecular weight excluding hydrogens is 564 g/mol. The van der Waals surface area contributed by atoms with Gasteiger partial charge in [-0.25, -0.2) is 0 Å². The van der Waals surface area contributed by atoms with Gasteiger partial charge in [0.2, 0.25) is 17.7 Å². The standard InChI is InChI=1S/C33H42N4O5S/c1-20(2)16-27(31(40)35-25(19-38)17-24-11-7-14-34-30(24)39)36-32(41)28(37-33(42)29-21(3)13-15-43-29)18-23-10-6-9-22-8-4-5-12-26(22)23/h4-6,8-10,12-13,15,20,24-25,27-28,38H,7,11,14,16-19H2,1-3H3,(H,34,39)(H,35,40)(H,36,41)(H,37,42). The molecule has 4 amide bonds. The molecule has 4 rings (SSSR count). The second-order valence-electron chi connectivity index (χ2n) is 11.7. The van der Waals surface area contributed by atoms with E-state index in [1.54, 1.807) is 0 Å². The summed E-state index contributed by atoms with van der Waals surface area (Å²) in [4.78, 5) is 53.4. The van der Waals surface area contributed by atoms with E-state index < -0.39 is 29.9 Å². The van der Waals surface area contributed by atoms with Crippen molar-refractivity contribution in [3.05, 3.63) is 69.9 Å². The molecule has 10 heteroatoms. The average molecular weight is 607 g/mol. The summed E-state index contributed by atoms with van der Waals surface area (Å²) in [5.41, 5.74) is 1.72. The van der Waals surface area contributed by atoms with E-state index in [0.717, 1.165) is 28.3 Å². The van der Waals surface area contributed by atoms with Crippen molar-refractivity contribution in [2.24, 2.45) is 11.8 Å². The van der Waals surface area contributed by atoms with Crippen LogP contribution in [0.15, 0.2) is 53.9 Å². The first kappa shape index (κ1) is 32.2. The Morgan fingerprint density at radius 1 is 1.00 bits per heavy atom. The minimum absolute atomic E-state index is 0.0704. The minimum atomic E-state index is -0.943. The fourth-order valence-electron chi connectivity index (χ4n) is 5.59. The largest absolute Gasteiger partial charge is 0.394 e. The van der Waals surface area contributed by atoms with Crippen molar-refractivity contribution in [1.29, 1.82) is 0 Å². The van der Waals surface area contributed by atoms with Crippen molar-refractivity contribution in [3.8, 4) is 0 Å². The summed E-state index contributed by atoms with van der Waals surface area (Å²) in [7, 11) is 0. The van der Waals surface area contributed by atoms with Crippen molar-refractivity contribution in [3.63, 3.8) is 0 Å². The van der Waals surface area contributed by atoms with Crippen molar-refractivity contribution in [1.82, 2.24) is 21.3 Å².